The second-order valence-corrected chi connectivity index (χ2v) is 11.0. The molecular weight excluding hydrogens is 486 g/mol. The summed E-state index contributed by atoms with van der Waals surface area (Å²) in [7, 11) is 0. The van der Waals surface area contributed by atoms with Gasteiger partial charge in [0.15, 0.2) is 11.5 Å². The van der Waals surface area contributed by atoms with Gasteiger partial charge in [-0.15, -0.1) is 11.3 Å². The third kappa shape index (κ3) is 4.49. The zero-order valence-corrected chi connectivity index (χ0v) is 22.0. The maximum Gasteiger partial charge on any atom is 0.254 e. The van der Waals surface area contributed by atoms with Crippen molar-refractivity contribution in [1.82, 2.24) is 14.7 Å². The maximum absolute atomic E-state index is 13.6. The summed E-state index contributed by atoms with van der Waals surface area (Å²) in [6, 6.07) is 16.0. The molecule has 1 fully saturated rings. The van der Waals surface area contributed by atoms with E-state index in [1.165, 1.54) is 21.6 Å². The van der Waals surface area contributed by atoms with Crippen molar-refractivity contribution >= 4 is 23.2 Å². The normalized spacial score (nSPS) is 21.1. The molecule has 2 aromatic carbocycles. The average molecular weight is 518 g/mol. The van der Waals surface area contributed by atoms with Gasteiger partial charge in [0.2, 0.25) is 12.7 Å². The molecule has 2 unspecified atom stereocenters. The average Bonchev–Trinajstić information content (AvgIpc) is 3.58. The van der Waals surface area contributed by atoms with E-state index in [1.807, 2.05) is 28.1 Å². The van der Waals surface area contributed by atoms with Crippen LogP contribution >= 0.6 is 11.3 Å². The highest BCUT2D eigenvalue weighted by Crippen LogP contribution is 2.39. The van der Waals surface area contributed by atoms with Gasteiger partial charge < -0.3 is 19.3 Å². The lowest BCUT2D eigenvalue weighted by molar-refractivity contribution is -0.135. The Kier molecular flexibility index (Phi) is 6.38. The molecule has 2 amide bonds. The topological polar surface area (TPSA) is 62.3 Å². The van der Waals surface area contributed by atoms with E-state index in [0.29, 0.717) is 43.2 Å². The van der Waals surface area contributed by atoms with Gasteiger partial charge in [-0.2, -0.15) is 0 Å². The highest BCUT2D eigenvalue weighted by Gasteiger charge is 2.35. The van der Waals surface area contributed by atoms with Crippen LogP contribution in [-0.2, 0) is 11.2 Å². The van der Waals surface area contributed by atoms with Crippen molar-refractivity contribution in [3.8, 4) is 11.5 Å². The van der Waals surface area contributed by atoms with Crippen molar-refractivity contribution in [2.24, 2.45) is 0 Å². The van der Waals surface area contributed by atoms with Gasteiger partial charge in [0.05, 0.1) is 12.6 Å². The summed E-state index contributed by atoms with van der Waals surface area (Å²) in [5.41, 5.74) is 4.41. The minimum absolute atomic E-state index is 0.0430. The summed E-state index contributed by atoms with van der Waals surface area (Å²) >= 11 is 1.81. The fourth-order valence-corrected chi connectivity index (χ4v) is 6.66. The van der Waals surface area contributed by atoms with Gasteiger partial charge in [0.1, 0.15) is 0 Å². The van der Waals surface area contributed by atoms with Crippen molar-refractivity contribution in [3.05, 3.63) is 81.0 Å². The lowest BCUT2D eigenvalue weighted by Crippen LogP contribution is -2.57. The highest BCUT2D eigenvalue weighted by molar-refractivity contribution is 7.10. The van der Waals surface area contributed by atoms with Gasteiger partial charge in [-0.25, -0.2) is 0 Å². The van der Waals surface area contributed by atoms with E-state index in [0.717, 1.165) is 13.0 Å². The van der Waals surface area contributed by atoms with Crippen molar-refractivity contribution in [2.45, 2.75) is 32.4 Å². The summed E-state index contributed by atoms with van der Waals surface area (Å²) in [5.74, 6) is 1.35. The van der Waals surface area contributed by atoms with Gasteiger partial charge >= 0.3 is 0 Å². The predicted molar refractivity (Wildman–Crippen MR) is 142 cm³/mol. The largest absolute Gasteiger partial charge is 0.454 e. The first kappa shape index (κ1) is 24.0. The number of ether oxygens (including phenoxy) is 2. The molecule has 4 heterocycles. The van der Waals surface area contributed by atoms with Crippen LogP contribution in [-0.4, -0.2) is 72.1 Å². The molecule has 0 saturated carbocycles. The molecule has 0 radical (unpaired) electrons. The van der Waals surface area contributed by atoms with Crippen molar-refractivity contribution in [2.75, 3.05) is 39.5 Å². The zero-order chi connectivity index (χ0) is 25.5. The molecule has 8 heteroatoms. The summed E-state index contributed by atoms with van der Waals surface area (Å²) in [5, 5.41) is 2.17. The molecule has 2 atom stereocenters. The number of amides is 2. The molecule has 6 rings (SSSR count). The van der Waals surface area contributed by atoms with E-state index >= 15 is 0 Å². The fourth-order valence-electron chi connectivity index (χ4n) is 5.75. The number of hydrogen-bond acceptors (Lipinski definition) is 6. The molecule has 0 spiro atoms. The summed E-state index contributed by atoms with van der Waals surface area (Å²) in [6.45, 7) is 7.14. The van der Waals surface area contributed by atoms with Crippen molar-refractivity contribution < 1.29 is 19.1 Å². The monoisotopic (exact) mass is 517 g/mol. The Labute approximate surface area is 221 Å². The molecular formula is C29H31N3O4S. The van der Waals surface area contributed by atoms with Crippen molar-refractivity contribution in [3.63, 3.8) is 0 Å². The Morgan fingerprint density at radius 1 is 1.00 bits per heavy atom. The van der Waals surface area contributed by atoms with Gasteiger partial charge in [-0.1, -0.05) is 24.3 Å². The van der Waals surface area contributed by atoms with Crippen LogP contribution < -0.4 is 9.47 Å². The Morgan fingerprint density at radius 2 is 1.84 bits per heavy atom. The molecule has 192 valence electrons. The van der Waals surface area contributed by atoms with Crippen LogP contribution in [0.5, 0.6) is 11.5 Å². The summed E-state index contributed by atoms with van der Waals surface area (Å²) in [4.78, 5) is 34.3. The molecule has 37 heavy (non-hydrogen) atoms. The zero-order valence-electron chi connectivity index (χ0n) is 21.2. The van der Waals surface area contributed by atoms with Gasteiger partial charge in [-0.05, 0) is 66.6 Å². The van der Waals surface area contributed by atoms with Crippen LogP contribution in [0, 0.1) is 6.92 Å². The van der Waals surface area contributed by atoms with Crippen LogP contribution in [0.1, 0.15) is 44.9 Å². The molecule has 1 saturated heterocycles. The van der Waals surface area contributed by atoms with E-state index in [-0.39, 0.29) is 30.7 Å². The standard InChI is InChI=1S/C29H31N3O4S/c1-19-5-3-4-6-22(19)28-23-10-14-37-26(23)9-11-31(28)17-27(33)30-12-13-32(20(2)16-30)29(34)21-7-8-24-25(15-21)36-18-35-24/h3-8,10,14-15,20,28H,9,11-13,16-18H2,1-2H3. The third-order valence-electron chi connectivity index (χ3n) is 7.75. The fraction of sp³-hybridized carbons (Fsp3) is 0.379. The number of nitrogens with zero attached hydrogens (tertiary/aromatic N) is 3. The summed E-state index contributed by atoms with van der Waals surface area (Å²) < 4.78 is 10.8. The van der Waals surface area contributed by atoms with E-state index in [9.17, 15) is 9.59 Å². The smallest absolute Gasteiger partial charge is 0.254 e. The molecule has 3 aliphatic heterocycles. The van der Waals surface area contributed by atoms with Gasteiger partial charge in [0.25, 0.3) is 5.91 Å². The van der Waals surface area contributed by atoms with E-state index < -0.39 is 0 Å². The van der Waals surface area contributed by atoms with Crippen LogP contribution in [0.2, 0.25) is 0 Å². The molecule has 0 N–H and O–H groups in total. The van der Waals surface area contributed by atoms with Crippen LogP contribution in [0.4, 0.5) is 0 Å². The first-order chi connectivity index (χ1) is 18.0. The maximum atomic E-state index is 13.6. The lowest BCUT2D eigenvalue weighted by Gasteiger charge is -2.42. The third-order valence-corrected chi connectivity index (χ3v) is 8.74. The number of rotatable bonds is 4. The number of aryl methyl sites for hydroxylation is 1. The Morgan fingerprint density at radius 3 is 2.68 bits per heavy atom. The van der Waals surface area contributed by atoms with Crippen molar-refractivity contribution in [1.29, 1.82) is 0 Å². The number of piperazine rings is 1. The number of benzene rings is 2. The van der Waals surface area contributed by atoms with Gasteiger partial charge in [-0.3, -0.25) is 14.5 Å². The van der Waals surface area contributed by atoms with E-state index in [4.69, 9.17) is 9.47 Å². The Hall–Kier alpha value is -3.36. The summed E-state index contributed by atoms with van der Waals surface area (Å²) in [6.07, 6.45) is 0.969. The number of fused-ring (bicyclic) bond motifs is 2. The molecule has 3 aromatic rings. The minimum atomic E-state index is -0.0763. The quantitative estimate of drug-likeness (QED) is 0.521. The Bertz CT molecular complexity index is 1340. The Balaban J connectivity index is 1.14. The van der Waals surface area contributed by atoms with Gasteiger partial charge in [0, 0.05) is 42.7 Å². The second kappa shape index (κ2) is 9.84. The number of carbonyl (C=O) groups excluding carboxylic acids is 2. The highest BCUT2D eigenvalue weighted by atomic mass is 32.1. The first-order valence-electron chi connectivity index (χ1n) is 12.8. The van der Waals surface area contributed by atoms with E-state index in [2.05, 4.69) is 47.5 Å². The SMILES string of the molecule is Cc1ccccc1C1c2ccsc2CCN1CC(=O)N1CCN(C(=O)c2ccc3c(c2)OCO3)C(C)C1. The molecule has 0 aliphatic carbocycles. The molecule has 3 aliphatic rings. The molecule has 0 bridgehead atoms. The predicted octanol–water partition coefficient (Wildman–Crippen LogP) is 4.11. The van der Waals surface area contributed by atoms with Crippen LogP contribution in [0.3, 0.4) is 0 Å². The number of carbonyl (C=O) groups is 2. The lowest BCUT2D eigenvalue weighted by atomic mass is 9.90. The molecule has 7 nitrogen and oxygen atoms in total. The molecule has 1 aromatic heterocycles. The number of thiophene rings is 1. The van der Waals surface area contributed by atoms with Crippen LogP contribution in [0.15, 0.2) is 53.9 Å². The second-order valence-electron chi connectivity index (χ2n) is 10.0. The number of hydrogen-bond donors (Lipinski definition) is 0. The first-order valence-corrected chi connectivity index (χ1v) is 13.7. The van der Waals surface area contributed by atoms with E-state index in [1.54, 1.807) is 18.2 Å². The van der Waals surface area contributed by atoms with Crippen LogP contribution in [0.25, 0.3) is 0 Å². The minimum Gasteiger partial charge on any atom is -0.454 e.